The number of rotatable bonds is 5. The molecule has 1 aromatic rings. The molecule has 2 rings (SSSR count). The summed E-state index contributed by atoms with van der Waals surface area (Å²) < 4.78 is 5.45. The second-order valence-electron chi connectivity index (χ2n) is 4.57. The fourth-order valence-electron chi connectivity index (χ4n) is 2.03. The van der Waals surface area contributed by atoms with Crippen LogP contribution in [-0.2, 0) is 16.0 Å². The average molecular weight is 268 g/mol. The van der Waals surface area contributed by atoms with Crippen LogP contribution in [0.4, 0.5) is 0 Å². The molecule has 1 aliphatic rings. The van der Waals surface area contributed by atoms with Gasteiger partial charge < -0.3 is 10.1 Å². The summed E-state index contributed by atoms with van der Waals surface area (Å²) >= 11 is 5.80. The highest BCUT2D eigenvalue weighted by molar-refractivity contribution is 6.30. The lowest BCUT2D eigenvalue weighted by Gasteiger charge is -2.10. The summed E-state index contributed by atoms with van der Waals surface area (Å²) in [7, 11) is 0. The van der Waals surface area contributed by atoms with E-state index in [2.05, 4.69) is 5.32 Å². The van der Waals surface area contributed by atoms with Crippen LogP contribution in [0.2, 0.25) is 5.02 Å². The van der Waals surface area contributed by atoms with E-state index in [0.29, 0.717) is 13.0 Å². The van der Waals surface area contributed by atoms with E-state index in [1.807, 2.05) is 24.3 Å². The zero-order valence-corrected chi connectivity index (χ0v) is 11.1. The van der Waals surface area contributed by atoms with Gasteiger partial charge in [0.25, 0.3) is 0 Å². The molecule has 4 heteroatoms. The molecule has 1 heterocycles. The number of hydrogen-bond donors (Lipinski definition) is 1. The Balaban J connectivity index is 1.66. The van der Waals surface area contributed by atoms with Crippen molar-refractivity contribution in [1.82, 2.24) is 5.32 Å². The molecule has 18 heavy (non-hydrogen) atoms. The van der Waals surface area contributed by atoms with E-state index >= 15 is 0 Å². The van der Waals surface area contributed by atoms with Crippen molar-refractivity contribution in [2.75, 3.05) is 13.2 Å². The van der Waals surface area contributed by atoms with Crippen molar-refractivity contribution in [3.05, 3.63) is 34.9 Å². The van der Waals surface area contributed by atoms with Crippen LogP contribution in [-0.4, -0.2) is 25.2 Å². The molecule has 3 nitrogen and oxygen atoms in total. The van der Waals surface area contributed by atoms with Gasteiger partial charge in [0, 0.05) is 24.6 Å². The van der Waals surface area contributed by atoms with E-state index < -0.39 is 0 Å². The number of ether oxygens (including phenoxy) is 1. The second kappa shape index (κ2) is 6.76. The van der Waals surface area contributed by atoms with Crippen LogP contribution in [0.3, 0.4) is 0 Å². The second-order valence-corrected chi connectivity index (χ2v) is 5.00. The SMILES string of the molecule is O=C(CCc1ccc(Cl)cc1)NC[C@H]1CCCO1. The Morgan fingerprint density at radius 3 is 2.83 bits per heavy atom. The molecule has 0 aromatic heterocycles. The predicted molar refractivity (Wildman–Crippen MR) is 71.8 cm³/mol. The third kappa shape index (κ3) is 4.31. The number of halogens is 1. The third-order valence-corrected chi connectivity index (χ3v) is 3.36. The zero-order chi connectivity index (χ0) is 12.8. The molecule has 1 N–H and O–H groups in total. The van der Waals surface area contributed by atoms with Gasteiger partial charge in [-0.3, -0.25) is 4.79 Å². The van der Waals surface area contributed by atoms with Crippen LogP contribution in [0.15, 0.2) is 24.3 Å². The molecule has 0 saturated carbocycles. The summed E-state index contributed by atoms with van der Waals surface area (Å²) in [5.41, 5.74) is 1.13. The summed E-state index contributed by atoms with van der Waals surface area (Å²) in [6.07, 6.45) is 3.62. The summed E-state index contributed by atoms with van der Waals surface area (Å²) in [6.45, 7) is 1.46. The molecule has 98 valence electrons. The minimum absolute atomic E-state index is 0.0837. The molecule has 0 aliphatic carbocycles. The normalized spacial score (nSPS) is 18.8. The average Bonchev–Trinajstić information content (AvgIpc) is 2.89. The van der Waals surface area contributed by atoms with Gasteiger partial charge in [0.1, 0.15) is 0 Å². The molecular weight excluding hydrogens is 250 g/mol. The Bertz CT molecular complexity index is 385. The van der Waals surface area contributed by atoms with E-state index in [9.17, 15) is 4.79 Å². The lowest BCUT2D eigenvalue weighted by Crippen LogP contribution is -2.31. The number of hydrogen-bond acceptors (Lipinski definition) is 2. The standard InChI is InChI=1S/C14H18ClNO2/c15-12-6-3-11(4-7-12)5-8-14(17)16-10-13-2-1-9-18-13/h3-4,6-7,13H,1-2,5,8-10H2,(H,16,17)/t13-/m1/s1. The van der Waals surface area contributed by atoms with Gasteiger partial charge in [-0.25, -0.2) is 0 Å². The Kier molecular flexibility index (Phi) is 5.02. The quantitative estimate of drug-likeness (QED) is 0.890. The van der Waals surface area contributed by atoms with Gasteiger partial charge in [0.15, 0.2) is 0 Å². The van der Waals surface area contributed by atoms with E-state index in [-0.39, 0.29) is 12.0 Å². The van der Waals surface area contributed by atoms with Crippen LogP contribution in [0.25, 0.3) is 0 Å². The number of benzene rings is 1. The zero-order valence-electron chi connectivity index (χ0n) is 10.3. The maximum atomic E-state index is 11.6. The van der Waals surface area contributed by atoms with Crippen molar-refractivity contribution in [3.8, 4) is 0 Å². The van der Waals surface area contributed by atoms with Crippen LogP contribution in [0, 0.1) is 0 Å². The van der Waals surface area contributed by atoms with Crippen molar-refractivity contribution >= 4 is 17.5 Å². The molecule has 0 unspecified atom stereocenters. The predicted octanol–water partition coefficient (Wildman–Crippen LogP) is 2.57. The molecule has 0 radical (unpaired) electrons. The molecule has 1 amide bonds. The van der Waals surface area contributed by atoms with Gasteiger partial charge in [0.2, 0.25) is 5.91 Å². The van der Waals surface area contributed by atoms with Crippen molar-refractivity contribution in [2.24, 2.45) is 0 Å². The summed E-state index contributed by atoms with van der Waals surface area (Å²) in [5.74, 6) is 0.0837. The third-order valence-electron chi connectivity index (χ3n) is 3.10. The largest absolute Gasteiger partial charge is 0.376 e. The summed E-state index contributed by atoms with van der Waals surface area (Å²) in [5, 5.41) is 3.64. The van der Waals surface area contributed by atoms with Gasteiger partial charge >= 0.3 is 0 Å². The molecule has 0 spiro atoms. The first kappa shape index (κ1) is 13.4. The van der Waals surface area contributed by atoms with Crippen LogP contribution >= 0.6 is 11.6 Å². The summed E-state index contributed by atoms with van der Waals surface area (Å²) in [6, 6.07) is 7.60. The first-order valence-electron chi connectivity index (χ1n) is 6.37. The number of nitrogens with one attached hydrogen (secondary N) is 1. The van der Waals surface area contributed by atoms with Gasteiger partial charge in [-0.2, -0.15) is 0 Å². The highest BCUT2D eigenvalue weighted by atomic mass is 35.5. The number of amides is 1. The Hall–Kier alpha value is -1.06. The first-order chi connectivity index (χ1) is 8.74. The Morgan fingerprint density at radius 2 is 2.17 bits per heavy atom. The van der Waals surface area contributed by atoms with E-state index in [0.717, 1.165) is 36.5 Å². The maximum absolute atomic E-state index is 11.6. The summed E-state index contributed by atoms with van der Waals surface area (Å²) in [4.78, 5) is 11.6. The maximum Gasteiger partial charge on any atom is 0.220 e. The highest BCUT2D eigenvalue weighted by Gasteiger charge is 2.15. The lowest BCUT2D eigenvalue weighted by molar-refractivity contribution is -0.121. The van der Waals surface area contributed by atoms with E-state index in [4.69, 9.17) is 16.3 Å². The minimum Gasteiger partial charge on any atom is -0.376 e. The first-order valence-corrected chi connectivity index (χ1v) is 6.74. The molecule has 1 aliphatic heterocycles. The molecule has 0 bridgehead atoms. The van der Waals surface area contributed by atoms with E-state index in [1.165, 1.54) is 0 Å². The number of carbonyl (C=O) groups is 1. The van der Waals surface area contributed by atoms with Crippen LogP contribution in [0.5, 0.6) is 0 Å². The van der Waals surface area contributed by atoms with Gasteiger partial charge in [0.05, 0.1) is 6.10 Å². The van der Waals surface area contributed by atoms with Gasteiger partial charge in [-0.15, -0.1) is 0 Å². The van der Waals surface area contributed by atoms with Crippen molar-refractivity contribution < 1.29 is 9.53 Å². The minimum atomic E-state index is 0.0837. The fourth-order valence-corrected chi connectivity index (χ4v) is 2.16. The van der Waals surface area contributed by atoms with Crippen LogP contribution < -0.4 is 5.32 Å². The van der Waals surface area contributed by atoms with Gasteiger partial charge in [-0.1, -0.05) is 23.7 Å². The van der Waals surface area contributed by atoms with E-state index in [1.54, 1.807) is 0 Å². The van der Waals surface area contributed by atoms with Gasteiger partial charge in [-0.05, 0) is 37.0 Å². The van der Waals surface area contributed by atoms with Crippen molar-refractivity contribution in [3.63, 3.8) is 0 Å². The Morgan fingerprint density at radius 1 is 1.39 bits per heavy atom. The number of aryl methyl sites for hydroxylation is 1. The molecule has 1 atom stereocenters. The monoisotopic (exact) mass is 267 g/mol. The highest BCUT2D eigenvalue weighted by Crippen LogP contribution is 2.12. The fraction of sp³-hybridized carbons (Fsp3) is 0.500. The lowest BCUT2D eigenvalue weighted by atomic mass is 10.1. The molecular formula is C14H18ClNO2. The topological polar surface area (TPSA) is 38.3 Å². The van der Waals surface area contributed by atoms with Crippen molar-refractivity contribution in [2.45, 2.75) is 31.8 Å². The number of carbonyl (C=O) groups excluding carboxylic acids is 1. The molecule has 1 saturated heterocycles. The molecule has 1 fully saturated rings. The molecule has 1 aromatic carbocycles. The van der Waals surface area contributed by atoms with Crippen LogP contribution in [0.1, 0.15) is 24.8 Å². The van der Waals surface area contributed by atoms with Crippen molar-refractivity contribution in [1.29, 1.82) is 0 Å². The Labute approximate surface area is 112 Å². The smallest absolute Gasteiger partial charge is 0.220 e.